The fourth-order valence-corrected chi connectivity index (χ4v) is 2.07. The molecule has 0 spiro atoms. The highest BCUT2D eigenvalue weighted by Gasteiger charge is 2.17. The lowest BCUT2D eigenvalue weighted by Gasteiger charge is -2.09. The fourth-order valence-electron chi connectivity index (χ4n) is 2.07. The monoisotopic (exact) mass is 206 g/mol. The summed E-state index contributed by atoms with van der Waals surface area (Å²) < 4.78 is 0. The lowest BCUT2D eigenvalue weighted by atomic mass is 9.96. The number of hydrogen-bond donors (Lipinski definition) is 0. The minimum absolute atomic E-state index is 0.911. The van der Waals surface area contributed by atoms with E-state index in [0.29, 0.717) is 0 Å². The third kappa shape index (κ3) is 1.65. The van der Waals surface area contributed by atoms with Crippen LogP contribution in [-0.4, -0.2) is 4.98 Å². The molecule has 0 N–H and O–H groups in total. The first-order valence-corrected chi connectivity index (χ1v) is 5.47. The highest BCUT2D eigenvalue weighted by molar-refractivity contribution is 5.68. The van der Waals surface area contributed by atoms with Gasteiger partial charge in [-0.25, -0.2) is 0 Å². The minimum atomic E-state index is 0.911. The molecule has 16 heavy (non-hydrogen) atoms. The topological polar surface area (TPSA) is 12.9 Å². The van der Waals surface area contributed by atoms with E-state index in [0.717, 1.165) is 12.1 Å². The van der Waals surface area contributed by atoms with Gasteiger partial charge >= 0.3 is 0 Å². The summed E-state index contributed by atoms with van der Waals surface area (Å²) in [5.74, 6) is 1.36. The van der Waals surface area contributed by atoms with Gasteiger partial charge in [-0.2, -0.15) is 0 Å². The van der Waals surface area contributed by atoms with E-state index in [2.05, 4.69) is 47.5 Å². The molecule has 2 aromatic rings. The molecule has 1 nitrogen and oxygen atoms in total. The van der Waals surface area contributed by atoms with Crippen LogP contribution >= 0.6 is 0 Å². The summed E-state index contributed by atoms with van der Waals surface area (Å²) in [6, 6.07) is 14.5. The normalized spacial score (nSPS) is 14.0. The van der Waals surface area contributed by atoms with Gasteiger partial charge in [0, 0.05) is 24.2 Å². The zero-order valence-corrected chi connectivity index (χ0v) is 8.93. The average Bonchev–Trinajstić information content (AvgIpc) is 2.74. The van der Waals surface area contributed by atoms with E-state index in [4.69, 9.17) is 0 Å². The van der Waals surface area contributed by atoms with E-state index in [1.807, 2.05) is 18.3 Å². The third-order valence-corrected chi connectivity index (χ3v) is 2.87. The van der Waals surface area contributed by atoms with Crippen molar-refractivity contribution in [3.63, 3.8) is 0 Å². The third-order valence-electron chi connectivity index (χ3n) is 2.87. The highest BCUT2D eigenvalue weighted by atomic mass is 14.7. The number of hydrogen-bond acceptors (Lipinski definition) is 1. The summed E-state index contributed by atoms with van der Waals surface area (Å²) in [4.78, 5) is 4.36. The maximum absolute atomic E-state index is 4.36. The molecular weight excluding hydrogens is 194 g/mol. The number of rotatable bonds is 2. The Bertz CT molecular complexity index is 514. The molecule has 0 saturated carbocycles. The van der Waals surface area contributed by atoms with Gasteiger partial charge in [0.2, 0.25) is 0 Å². The molecule has 1 aliphatic rings. The van der Waals surface area contributed by atoms with Crippen LogP contribution in [0.5, 0.6) is 0 Å². The first-order chi connectivity index (χ1) is 7.93. The zero-order valence-electron chi connectivity index (χ0n) is 8.93. The van der Waals surface area contributed by atoms with Gasteiger partial charge in [0.05, 0.1) is 0 Å². The van der Waals surface area contributed by atoms with E-state index < -0.39 is 0 Å². The van der Waals surface area contributed by atoms with Crippen molar-refractivity contribution < 1.29 is 0 Å². The second-order valence-electron chi connectivity index (χ2n) is 3.94. The Hall–Kier alpha value is -1.89. The van der Waals surface area contributed by atoms with E-state index in [1.165, 1.54) is 17.0 Å². The van der Waals surface area contributed by atoms with E-state index in [1.54, 1.807) is 0 Å². The molecule has 1 heteroatoms. The summed E-state index contributed by atoms with van der Waals surface area (Å²) in [6.07, 6.45) is 7.13. The van der Waals surface area contributed by atoms with Crippen LogP contribution in [0.2, 0.25) is 0 Å². The first-order valence-electron chi connectivity index (χ1n) is 5.47. The van der Waals surface area contributed by atoms with Crippen LogP contribution in [0.25, 0.3) is 6.08 Å². The molecule has 0 bridgehead atoms. The number of fused-ring (bicyclic) bond motifs is 1. The summed E-state index contributed by atoms with van der Waals surface area (Å²) in [5, 5.41) is 0. The van der Waals surface area contributed by atoms with Crippen molar-refractivity contribution in [1.82, 2.24) is 4.98 Å². The van der Waals surface area contributed by atoms with Crippen molar-refractivity contribution in [3.8, 4) is 0 Å². The number of aromatic nitrogens is 1. The molecule has 0 fully saturated rings. The van der Waals surface area contributed by atoms with E-state index in [-0.39, 0.29) is 0 Å². The van der Waals surface area contributed by atoms with E-state index >= 15 is 0 Å². The summed E-state index contributed by atoms with van der Waals surface area (Å²) in [5.41, 5.74) is 3.78. The van der Waals surface area contributed by atoms with Crippen molar-refractivity contribution in [3.05, 3.63) is 77.5 Å². The highest BCUT2D eigenvalue weighted by Crippen LogP contribution is 2.30. The van der Waals surface area contributed by atoms with Crippen molar-refractivity contribution in [2.75, 3.05) is 0 Å². The van der Waals surface area contributed by atoms with Gasteiger partial charge in [0.1, 0.15) is 0 Å². The van der Waals surface area contributed by atoms with Gasteiger partial charge in [-0.15, -0.1) is 0 Å². The molecule has 1 radical (unpaired) electrons. The summed E-state index contributed by atoms with van der Waals surface area (Å²) >= 11 is 0. The Labute approximate surface area is 95.5 Å². The number of nitrogens with zero attached hydrogens (tertiary/aromatic N) is 1. The molecule has 3 rings (SSSR count). The van der Waals surface area contributed by atoms with Crippen molar-refractivity contribution in [2.45, 2.75) is 6.42 Å². The van der Waals surface area contributed by atoms with Gasteiger partial charge < -0.3 is 0 Å². The van der Waals surface area contributed by atoms with Crippen LogP contribution in [0, 0.1) is 5.92 Å². The smallest absolute Gasteiger partial charge is 0.0416 e. The molecule has 0 aliphatic heterocycles. The number of benzene rings is 1. The molecule has 77 valence electrons. The second kappa shape index (κ2) is 3.93. The summed E-state index contributed by atoms with van der Waals surface area (Å²) in [7, 11) is 0. The molecule has 0 amide bonds. The standard InChI is InChI=1S/C15H12N/c1-2-7-15-12(5-1)8-9-13(15)11-14-6-3-4-10-16-14/h1-10H,11H2. The van der Waals surface area contributed by atoms with Crippen LogP contribution in [0.4, 0.5) is 0 Å². The van der Waals surface area contributed by atoms with Crippen LogP contribution in [-0.2, 0) is 6.42 Å². The van der Waals surface area contributed by atoms with Gasteiger partial charge in [0.15, 0.2) is 0 Å². The average molecular weight is 206 g/mol. The molecule has 0 atom stereocenters. The molecule has 0 saturated heterocycles. The Morgan fingerprint density at radius 2 is 1.75 bits per heavy atom. The Morgan fingerprint density at radius 3 is 2.62 bits per heavy atom. The quantitative estimate of drug-likeness (QED) is 0.734. The number of pyridine rings is 1. The predicted molar refractivity (Wildman–Crippen MR) is 65.8 cm³/mol. The fraction of sp³-hybridized carbons (Fsp3) is 0.0667. The minimum Gasteiger partial charge on any atom is -0.261 e. The Kier molecular flexibility index (Phi) is 2.30. The molecule has 1 aromatic heterocycles. The van der Waals surface area contributed by atoms with Crippen molar-refractivity contribution >= 4 is 6.08 Å². The zero-order chi connectivity index (χ0) is 10.8. The molecule has 1 heterocycles. The van der Waals surface area contributed by atoms with E-state index in [9.17, 15) is 0 Å². The molecule has 1 aromatic carbocycles. The van der Waals surface area contributed by atoms with Gasteiger partial charge in [-0.05, 0) is 23.3 Å². The van der Waals surface area contributed by atoms with Crippen LogP contribution < -0.4 is 0 Å². The lowest BCUT2D eigenvalue weighted by molar-refractivity contribution is 1.00. The first kappa shape index (κ1) is 9.34. The van der Waals surface area contributed by atoms with Crippen LogP contribution in [0.1, 0.15) is 16.8 Å². The second-order valence-corrected chi connectivity index (χ2v) is 3.94. The van der Waals surface area contributed by atoms with Crippen molar-refractivity contribution in [1.29, 1.82) is 0 Å². The SMILES string of the molecule is C1=Cc2ccccc2[C]1Cc1ccccn1. The Morgan fingerprint density at radius 1 is 0.875 bits per heavy atom. The molecule has 1 aliphatic carbocycles. The summed E-state index contributed by atoms with van der Waals surface area (Å²) in [6.45, 7) is 0. The molecular formula is C15H12N. The maximum Gasteiger partial charge on any atom is 0.0416 e. The lowest BCUT2D eigenvalue weighted by Crippen LogP contribution is -2.00. The largest absolute Gasteiger partial charge is 0.261 e. The number of allylic oxidation sites excluding steroid dienone is 1. The van der Waals surface area contributed by atoms with Gasteiger partial charge in [0.25, 0.3) is 0 Å². The van der Waals surface area contributed by atoms with Gasteiger partial charge in [-0.1, -0.05) is 42.5 Å². The van der Waals surface area contributed by atoms with Crippen LogP contribution in [0.3, 0.4) is 0 Å². The molecule has 0 unspecified atom stereocenters. The van der Waals surface area contributed by atoms with Crippen molar-refractivity contribution in [2.24, 2.45) is 0 Å². The Balaban J connectivity index is 1.87. The van der Waals surface area contributed by atoms with Gasteiger partial charge in [-0.3, -0.25) is 4.98 Å². The maximum atomic E-state index is 4.36. The van der Waals surface area contributed by atoms with Crippen LogP contribution in [0.15, 0.2) is 54.7 Å². The predicted octanol–water partition coefficient (Wildman–Crippen LogP) is 3.27.